The zero-order valence-electron chi connectivity index (χ0n) is 9.35. The van der Waals surface area contributed by atoms with Crippen molar-refractivity contribution in [1.29, 1.82) is 0 Å². The van der Waals surface area contributed by atoms with E-state index in [1.807, 2.05) is 6.92 Å². The molecule has 0 spiro atoms. The van der Waals surface area contributed by atoms with E-state index in [1.54, 1.807) is 12.3 Å². The molecule has 0 saturated carbocycles. The predicted molar refractivity (Wildman–Crippen MR) is 59.2 cm³/mol. The van der Waals surface area contributed by atoms with Crippen LogP contribution in [0.3, 0.4) is 0 Å². The number of nitrogens with zero attached hydrogens (tertiary/aromatic N) is 2. The minimum atomic E-state index is -0.573. The third-order valence-corrected chi connectivity index (χ3v) is 2.51. The Morgan fingerprint density at radius 2 is 2.27 bits per heavy atom. The normalized spacial score (nSPS) is 14.9. The lowest BCUT2D eigenvalue weighted by Crippen LogP contribution is -2.22. The van der Waals surface area contributed by atoms with E-state index in [1.165, 1.54) is 0 Å². The van der Waals surface area contributed by atoms with Gasteiger partial charge in [0, 0.05) is 12.1 Å². The molecule has 2 atom stereocenters. The molecule has 4 heteroatoms. The summed E-state index contributed by atoms with van der Waals surface area (Å²) in [5.41, 5.74) is 6.30. The topological polar surface area (TPSA) is 72.0 Å². The number of aliphatic hydroxyl groups is 1. The van der Waals surface area contributed by atoms with Crippen molar-refractivity contribution in [2.24, 2.45) is 11.7 Å². The van der Waals surface area contributed by atoms with Crippen LogP contribution in [0.25, 0.3) is 0 Å². The van der Waals surface area contributed by atoms with E-state index >= 15 is 0 Å². The fourth-order valence-corrected chi connectivity index (χ4v) is 1.66. The summed E-state index contributed by atoms with van der Waals surface area (Å²) in [6, 6.07) is 1.75. The molecule has 1 rings (SSSR count). The van der Waals surface area contributed by atoms with Crippen LogP contribution in [0.1, 0.15) is 37.4 Å². The van der Waals surface area contributed by atoms with E-state index in [2.05, 4.69) is 16.9 Å². The molecular weight excluding hydrogens is 190 g/mol. The molecule has 0 aromatic carbocycles. The van der Waals surface area contributed by atoms with E-state index in [-0.39, 0.29) is 5.92 Å². The highest BCUT2D eigenvalue weighted by atomic mass is 16.3. The number of rotatable bonds is 5. The third-order valence-electron chi connectivity index (χ3n) is 2.51. The van der Waals surface area contributed by atoms with Crippen LogP contribution in [0.4, 0.5) is 0 Å². The highest BCUT2D eigenvalue weighted by Crippen LogP contribution is 2.23. The van der Waals surface area contributed by atoms with Gasteiger partial charge in [-0.1, -0.05) is 13.3 Å². The second-order valence-corrected chi connectivity index (χ2v) is 3.76. The van der Waals surface area contributed by atoms with Gasteiger partial charge < -0.3 is 10.8 Å². The molecule has 2 unspecified atom stereocenters. The second kappa shape index (κ2) is 5.78. The number of nitrogens with two attached hydrogens (primary N) is 1. The largest absolute Gasteiger partial charge is 0.386 e. The fourth-order valence-electron chi connectivity index (χ4n) is 1.66. The molecule has 0 aliphatic rings. The van der Waals surface area contributed by atoms with E-state index < -0.39 is 6.10 Å². The van der Waals surface area contributed by atoms with E-state index in [0.717, 1.165) is 12.8 Å². The lowest BCUT2D eigenvalue weighted by Gasteiger charge is -2.20. The Labute approximate surface area is 90.6 Å². The summed E-state index contributed by atoms with van der Waals surface area (Å²) in [7, 11) is 0. The van der Waals surface area contributed by atoms with Crippen molar-refractivity contribution in [3.05, 3.63) is 23.8 Å². The molecule has 84 valence electrons. The standard InChI is InChI=1S/C11H19N3O/c1-3-4-9(7-12)11(15)10-5-6-13-8(2)14-10/h5-6,9,11,15H,3-4,7,12H2,1-2H3. The summed E-state index contributed by atoms with van der Waals surface area (Å²) < 4.78 is 0. The van der Waals surface area contributed by atoms with E-state index in [0.29, 0.717) is 18.1 Å². The summed E-state index contributed by atoms with van der Waals surface area (Å²) in [6.45, 7) is 4.38. The van der Waals surface area contributed by atoms with Gasteiger partial charge in [0.1, 0.15) is 11.9 Å². The van der Waals surface area contributed by atoms with Crippen LogP contribution in [0, 0.1) is 12.8 Å². The van der Waals surface area contributed by atoms with Crippen LogP contribution >= 0.6 is 0 Å². The average molecular weight is 209 g/mol. The monoisotopic (exact) mass is 209 g/mol. The van der Waals surface area contributed by atoms with Gasteiger partial charge in [0.2, 0.25) is 0 Å². The van der Waals surface area contributed by atoms with Crippen LogP contribution in [0.2, 0.25) is 0 Å². The minimum Gasteiger partial charge on any atom is -0.386 e. The number of hydrogen-bond donors (Lipinski definition) is 2. The van der Waals surface area contributed by atoms with Gasteiger partial charge in [-0.25, -0.2) is 9.97 Å². The molecule has 0 aliphatic carbocycles. The van der Waals surface area contributed by atoms with Gasteiger partial charge >= 0.3 is 0 Å². The van der Waals surface area contributed by atoms with Gasteiger partial charge in [-0.15, -0.1) is 0 Å². The molecule has 0 amide bonds. The Kier molecular flexibility index (Phi) is 4.65. The molecule has 3 N–H and O–H groups in total. The Morgan fingerprint density at radius 3 is 2.80 bits per heavy atom. The summed E-state index contributed by atoms with van der Waals surface area (Å²) in [5, 5.41) is 10.1. The molecule has 0 radical (unpaired) electrons. The molecular formula is C11H19N3O. The van der Waals surface area contributed by atoms with Gasteiger partial charge in [-0.2, -0.15) is 0 Å². The molecule has 0 fully saturated rings. The maximum atomic E-state index is 10.1. The molecule has 1 aromatic rings. The first-order valence-electron chi connectivity index (χ1n) is 5.36. The van der Waals surface area contributed by atoms with Crippen molar-refractivity contribution in [3.8, 4) is 0 Å². The van der Waals surface area contributed by atoms with Crippen molar-refractivity contribution in [3.63, 3.8) is 0 Å². The SMILES string of the molecule is CCCC(CN)C(O)c1ccnc(C)n1. The third kappa shape index (κ3) is 3.25. The lowest BCUT2D eigenvalue weighted by molar-refractivity contribution is 0.102. The first-order chi connectivity index (χ1) is 7.19. The van der Waals surface area contributed by atoms with Gasteiger partial charge in [0.15, 0.2) is 0 Å². The number of aromatic nitrogens is 2. The first kappa shape index (κ1) is 12.1. The maximum absolute atomic E-state index is 10.1. The van der Waals surface area contributed by atoms with Crippen molar-refractivity contribution in [1.82, 2.24) is 9.97 Å². The summed E-state index contributed by atoms with van der Waals surface area (Å²) >= 11 is 0. The summed E-state index contributed by atoms with van der Waals surface area (Å²) in [5.74, 6) is 0.767. The quantitative estimate of drug-likeness (QED) is 0.764. The Bertz CT molecular complexity index is 304. The minimum absolute atomic E-state index is 0.0873. The van der Waals surface area contributed by atoms with Crippen LogP contribution in [0.15, 0.2) is 12.3 Å². The zero-order valence-corrected chi connectivity index (χ0v) is 9.35. The van der Waals surface area contributed by atoms with Gasteiger partial charge in [0.25, 0.3) is 0 Å². The molecule has 1 heterocycles. The smallest absolute Gasteiger partial charge is 0.125 e. The highest BCUT2D eigenvalue weighted by Gasteiger charge is 2.19. The van der Waals surface area contributed by atoms with Crippen molar-refractivity contribution in [2.45, 2.75) is 32.8 Å². The zero-order chi connectivity index (χ0) is 11.3. The number of hydrogen-bond acceptors (Lipinski definition) is 4. The van der Waals surface area contributed by atoms with Crippen LogP contribution in [-0.4, -0.2) is 21.6 Å². The molecule has 15 heavy (non-hydrogen) atoms. The molecule has 0 aliphatic heterocycles. The molecule has 0 bridgehead atoms. The van der Waals surface area contributed by atoms with Gasteiger partial charge in [-0.3, -0.25) is 0 Å². The fraction of sp³-hybridized carbons (Fsp3) is 0.636. The van der Waals surface area contributed by atoms with Crippen LogP contribution in [-0.2, 0) is 0 Å². The Hall–Kier alpha value is -1.00. The Balaban J connectivity index is 2.77. The number of aliphatic hydroxyl groups excluding tert-OH is 1. The van der Waals surface area contributed by atoms with Crippen LogP contribution in [0.5, 0.6) is 0 Å². The Morgan fingerprint density at radius 1 is 1.53 bits per heavy atom. The van der Waals surface area contributed by atoms with Gasteiger partial charge in [0.05, 0.1) is 5.69 Å². The van der Waals surface area contributed by atoms with Gasteiger partial charge in [-0.05, 0) is 26.0 Å². The van der Waals surface area contributed by atoms with Crippen LogP contribution < -0.4 is 5.73 Å². The average Bonchev–Trinajstić information content (AvgIpc) is 2.25. The predicted octanol–water partition coefficient (Wildman–Crippen LogP) is 1.19. The van der Waals surface area contributed by atoms with Crippen molar-refractivity contribution >= 4 is 0 Å². The number of aryl methyl sites for hydroxylation is 1. The first-order valence-corrected chi connectivity index (χ1v) is 5.36. The highest BCUT2D eigenvalue weighted by molar-refractivity contribution is 5.06. The summed E-state index contributed by atoms with van der Waals surface area (Å²) in [4.78, 5) is 8.21. The van der Waals surface area contributed by atoms with Crippen molar-refractivity contribution < 1.29 is 5.11 Å². The van der Waals surface area contributed by atoms with E-state index in [9.17, 15) is 5.11 Å². The van der Waals surface area contributed by atoms with E-state index in [4.69, 9.17) is 5.73 Å². The second-order valence-electron chi connectivity index (χ2n) is 3.76. The lowest BCUT2D eigenvalue weighted by atomic mass is 9.95. The van der Waals surface area contributed by atoms with Crippen molar-refractivity contribution in [2.75, 3.05) is 6.54 Å². The maximum Gasteiger partial charge on any atom is 0.125 e. The summed E-state index contributed by atoms with van der Waals surface area (Å²) in [6.07, 6.45) is 3.03. The molecule has 4 nitrogen and oxygen atoms in total. The molecule has 1 aromatic heterocycles. The molecule has 0 saturated heterocycles.